The summed E-state index contributed by atoms with van der Waals surface area (Å²) < 4.78 is 16.6. The van der Waals surface area contributed by atoms with Crippen molar-refractivity contribution in [2.45, 2.75) is 38.6 Å². The van der Waals surface area contributed by atoms with Gasteiger partial charge >= 0.3 is 0 Å². The second-order valence-electron chi connectivity index (χ2n) is 4.96. The predicted octanol–water partition coefficient (Wildman–Crippen LogP) is 2.38. The molecule has 1 heterocycles. The molecule has 0 saturated carbocycles. The van der Waals surface area contributed by atoms with Crippen LogP contribution in [0.1, 0.15) is 31.7 Å². The molecule has 1 aromatic rings. The molecule has 1 aliphatic rings. The molecule has 1 unspecified atom stereocenters. The average Bonchev–Trinajstić information content (AvgIpc) is 2.85. The molecule has 0 saturated heterocycles. The van der Waals surface area contributed by atoms with Gasteiger partial charge in [-0.3, -0.25) is 0 Å². The number of nitrogens with two attached hydrogens (primary N) is 1. The minimum absolute atomic E-state index is 0.0521. The number of fused-ring (bicyclic) bond motifs is 1. The van der Waals surface area contributed by atoms with Gasteiger partial charge < -0.3 is 19.9 Å². The van der Waals surface area contributed by atoms with E-state index in [-0.39, 0.29) is 12.8 Å². The summed E-state index contributed by atoms with van der Waals surface area (Å²) in [5.41, 5.74) is 6.90. The van der Waals surface area contributed by atoms with Gasteiger partial charge in [0.2, 0.25) is 6.79 Å². The summed E-state index contributed by atoms with van der Waals surface area (Å²) in [5, 5.41) is 8.50. The second kappa shape index (κ2) is 7.01. The monoisotopic (exact) mass is 276 g/mol. The van der Waals surface area contributed by atoms with Crippen LogP contribution in [0.15, 0.2) is 12.1 Å². The normalized spacial score (nSPS) is 13.8. The van der Waals surface area contributed by atoms with Crippen molar-refractivity contribution in [2.24, 2.45) is 5.73 Å². The van der Waals surface area contributed by atoms with E-state index in [1.54, 1.807) is 0 Å². The van der Waals surface area contributed by atoms with Gasteiger partial charge in [-0.05, 0) is 37.8 Å². The second-order valence-corrected chi connectivity index (χ2v) is 4.96. The number of hydrogen-bond acceptors (Lipinski definition) is 5. The Balaban J connectivity index is 2.03. The highest BCUT2D eigenvalue weighted by Crippen LogP contribution is 2.38. The zero-order valence-corrected chi connectivity index (χ0v) is 11.7. The fraction of sp³-hybridized carbons (Fsp3) is 0.533. The molecule has 0 aliphatic carbocycles. The number of ether oxygens (including phenoxy) is 3. The summed E-state index contributed by atoms with van der Waals surface area (Å²) in [6.45, 7) is 2.80. The summed E-state index contributed by atoms with van der Waals surface area (Å²) in [6, 6.07) is 5.99. The first kappa shape index (κ1) is 14.5. The number of nitriles is 1. The Kier molecular flexibility index (Phi) is 5.08. The van der Waals surface area contributed by atoms with E-state index in [9.17, 15) is 0 Å². The van der Waals surface area contributed by atoms with E-state index in [1.165, 1.54) is 0 Å². The smallest absolute Gasteiger partial charge is 0.231 e. The molecular formula is C15H20N2O3. The first-order chi connectivity index (χ1) is 9.70. The van der Waals surface area contributed by atoms with E-state index in [2.05, 4.69) is 6.07 Å². The molecule has 1 aromatic carbocycles. The van der Waals surface area contributed by atoms with Crippen molar-refractivity contribution in [3.63, 3.8) is 0 Å². The van der Waals surface area contributed by atoms with Crippen LogP contribution in [0.4, 0.5) is 0 Å². The lowest BCUT2D eigenvalue weighted by atomic mass is 10.1. The lowest BCUT2D eigenvalue weighted by Crippen LogP contribution is -2.18. The Labute approximate surface area is 119 Å². The van der Waals surface area contributed by atoms with Crippen LogP contribution in [0, 0.1) is 11.3 Å². The maximum Gasteiger partial charge on any atom is 0.231 e. The number of rotatable bonds is 7. The number of unbranched alkanes of at least 4 members (excludes halogenated alkanes) is 2. The third kappa shape index (κ3) is 3.78. The first-order valence-electron chi connectivity index (χ1n) is 6.88. The average molecular weight is 276 g/mol. The SMILES string of the molecule is CC(N)Cc1cc2c(cc1OCCCCC#N)OCO2. The molecule has 0 aromatic heterocycles. The van der Waals surface area contributed by atoms with Gasteiger partial charge in [-0.15, -0.1) is 0 Å². The maximum atomic E-state index is 8.50. The minimum atomic E-state index is 0.0521. The van der Waals surface area contributed by atoms with Crippen molar-refractivity contribution in [1.82, 2.24) is 0 Å². The van der Waals surface area contributed by atoms with Crippen molar-refractivity contribution < 1.29 is 14.2 Å². The van der Waals surface area contributed by atoms with Crippen molar-refractivity contribution in [3.05, 3.63) is 17.7 Å². The van der Waals surface area contributed by atoms with E-state index in [0.717, 1.165) is 36.3 Å². The summed E-state index contributed by atoms with van der Waals surface area (Å²) in [7, 11) is 0. The molecule has 5 heteroatoms. The highest BCUT2D eigenvalue weighted by atomic mass is 16.7. The van der Waals surface area contributed by atoms with E-state index >= 15 is 0 Å². The lowest BCUT2D eigenvalue weighted by molar-refractivity contribution is 0.173. The molecular weight excluding hydrogens is 256 g/mol. The number of nitrogens with zero attached hydrogens (tertiary/aromatic N) is 1. The van der Waals surface area contributed by atoms with Crippen molar-refractivity contribution >= 4 is 0 Å². The zero-order chi connectivity index (χ0) is 14.4. The predicted molar refractivity (Wildman–Crippen MR) is 74.9 cm³/mol. The number of hydrogen-bond donors (Lipinski definition) is 1. The van der Waals surface area contributed by atoms with Gasteiger partial charge in [0, 0.05) is 18.5 Å². The van der Waals surface area contributed by atoms with E-state index < -0.39 is 0 Å². The largest absolute Gasteiger partial charge is 0.493 e. The maximum absolute atomic E-state index is 8.50. The molecule has 0 radical (unpaired) electrons. The third-order valence-corrected chi connectivity index (χ3v) is 3.04. The Morgan fingerprint density at radius 1 is 1.35 bits per heavy atom. The summed E-state index contributed by atoms with van der Waals surface area (Å²) in [6.07, 6.45) is 3.00. The quantitative estimate of drug-likeness (QED) is 0.774. The standard InChI is InChI=1S/C15H20N2O3/c1-11(17)7-12-8-14-15(20-10-19-14)9-13(12)18-6-4-2-3-5-16/h8-9,11H,2-4,6-7,10,17H2,1H3. The van der Waals surface area contributed by atoms with Gasteiger partial charge in [0.25, 0.3) is 0 Å². The first-order valence-corrected chi connectivity index (χ1v) is 6.88. The molecule has 0 bridgehead atoms. The summed E-state index contributed by atoms with van der Waals surface area (Å²) in [5.74, 6) is 2.26. The Morgan fingerprint density at radius 3 is 2.80 bits per heavy atom. The Morgan fingerprint density at radius 2 is 2.10 bits per heavy atom. The van der Waals surface area contributed by atoms with Crippen molar-refractivity contribution in [3.8, 4) is 23.3 Å². The fourth-order valence-electron chi connectivity index (χ4n) is 2.09. The molecule has 20 heavy (non-hydrogen) atoms. The molecule has 108 valence electrons. The van der Waals surface area contributed by atoms with Gasteiger partial charge in [0.1, 0.15) is 5.75 Å². The Bertz CT molecular complexity index is 495. The lowest BCUT2D eigenvalue weighted by Gasteiger charge is -2.14. The molecule has 0 amide bonds. The summed E-state index contributed by atoms with van der Waals surface area (Å²) >= 11 is 0. The van der Waals surface area contributed by atoms with E-state index in [0.29, 0.717) is 18.8 Å². The molecule has 1 atom stereocenters. The van der Waals surface area contributed by atoms with Gasteiger partial charge in [-0.25, -0.2) is 0 Å². The molecule has 5 nitrogen and oxygen atoms in total. The molecule has 2 rings (SSSR count). The van der Waals surface area contributed by atoms with Crippen LogP contribution in [-0.4, -0.2) is 19.4 Å². The van der Waals surface area contributed by atoms with Crippen LogP contribution in [0.2, 0.25) is 0 Å². The third-order valence-electron chi connectivity index (χ3n) is 3.04. The highest BCUT2D eigenvalue weighted by Gasteiger charge is 2.18. The van der Waals surface area contributed by atoms with Crippen molar-refractivity contribution in [1.29, 1.82) is 5.26 Å². The van der Waals surface area contributed by atoms with E-state index in [4.69, 9.17) is 25.2 Å². The van der Waals surface area contributed by atoms with Crippen LogP contribution >= 0.6 is 0 Å². The van der Waals surface area contributed by atoms with E-state index in [1.807, 2.05) is 19.1 Å². The van der Waals surface area contributed by atoms with Gasteiger partial charge in [0.05, 0.1) is 12.7 Å². The topological polar surface area (TPSA) is 77.5 Å². The van der Waals surface area contributed by atoms with Gasteiger partial charge in [-0.1, -0.05) is 0 Å². The van der Waals surface area contributed by atoms with Crippen LogP contribution in [-0.2, 0) is 6.42 Å². The molecule has 0 spiro atoms. The van der Waals surface area contributed by atoms with Crippen LogP contribution in [0.25, 0.3) is 0 Å². The zero-order valence-electron chi connectivity index (χ0n) is 11.7. The summed E-state index contributed by atoms with van der Waals surface area (Å²) in [4.78, 5) is 0. The fourth-order valence-corrected chi connectivity index (χ4v) is 2.09. The van der Waals surface area contributed by atoms with Crippen molar-refractivity contribution in [2.75, 3.05) is 13.4 Å². The van der Waals surface area contributed by atoms with Gasteiger partial charge in [0.15, 0.2) is 11.5 Å². The minimum Gasteiger partial charge on any atom is -0.493 e. The van der Waals surface area contributed by atoms with Gasteiger partial charge in [-0.2, -0.15) is 5.26 Å². The van der Waals surface area contributed by atoms with Crippen LogP contribution in [0.5, 0.6) is 17.2 Å². The Hall–Kier alpha value is -1.93. The molecule has 1 aliphatic heterocycles. The molecule has 2 N–H and O–H groups in total. The molecule has 0 fully saturated rings. The van der Waals surface area contributed by atoms with Crippen LogP contribution < -0.4 is 19.9 Å². The number of benzene rings is 1. The highest BCUT2D eigenvalue weighted by molar-refractivity contribution is 5.52. The van der Waals surface area contributed by atoms with Crippen LogP contribution in [0.3, 0.4) is 0 Å².